The molecule has 0 saturated carbocycles. The smallest absolute Gasteiger partial charge is 0.0314 e. The number of hydrogen-bond donors (Lipinski definition) is 1. The summed E-state index contributed by atoms with van der Waals surface area (Å²) in [6.45, 7) is 4.74. The lowest BCUT2D eigenvalue weighted by atomic mass is 10.1. The Hall–Kier alpha value is -0.960. The van der Waals surface area contributed by atoms with Gasteiger partial charge in [0.25, 0.3) is 0 Å². The molecule has 1 heterocycles. The summed E-state index contributed by atoms with van der Waals surface area (Å²) in [6, 6.07) is 0. The Bertz CT molecular complexity index is 273. The summed E-state index contributed by atoms with van der Waals surface area (Å²) >= 11 is 0. The quantitative estimate of drug-likeness (QED) is 0.729. The highest BCUT2D eigenvalue weighted by Crippen LogP contribution is 2.20. The van der Waals surface area contributed by atoms with Gasteiger partial charge >= 0.3 is 0 Å². The van der Waals surface area contributed by atoms with Crippen molar-refractivity contribution in [1.29, 1.82) is 0 Å². The molecule has 1 aliphatic carbocycles. The molecule has 0 bridgehead atoms. The summed E-state index contributed by atoms with van der Waals surface area (Å²) in [5.41, 5.74) is 2.78. The molecular formula is C12H21N3. The average Bonchev–Trinajstić information content (AvgIpc) is 2.30. The van der Waals surface area contributed by atoms with Gasteiger partial charge in [-0.25, -0.2) is 0 Å². The monoisotopic (exact) mass is 207 g/mol. The third-order valence-electron chi connectivity index (χ3n) is 3.28. The molecule has 3 heteroatoms. The topological polar surface area (TPSA) is 18.5 Å². The first-order valence-electron chi connectivity index (χ1n) is 5.81. The molecule has 3 nitrogen and oxygen atoms in total. The van der Waals surface area contributed by atoms with Crippen LogP contribution in [0.5, 0.6) is 0 Å². The highest BCUT2D eigenvalue weighted by molar-refractivity contribution is 5.25. The number of allylic oxidation sites excluding steroid dienone is 3. The third kappa shape index (κ3) is 2.53. The molecule has 0 aromatic rings. The van der Waals surface area contributed by atoms with Crippen molar-refractivity contribution in [3.05, 3.63) is 23.5 Å². The van der Waals surface area contributed by atoms with E-state index in [4.69, 9.17) is 0 Å². The average molecular weight is 207 g/mol. The molecule has 15 heavy (non-hydrogen) atoms. The van der Waals surface area contributed by atoms with Crippen molar-refractivity contribution in [2.75, 3.05) is 40.3 Å². The molecule has 0 aromatic carbocycles. The van der Waals surface area contributed by atoms with Crippen LogP contribution in [0.1, 0.15) is 12.8 Å². The number of likely N-dealkylation sites (N-methyl/N-ethyl adjacent to an activating group) is 2. The molecule has 0 radical (unpaired) electrons. The molecule has 1 aliphatic heterocycles. The Balaban J connectivity index is 1.98. The van der Waals surface area contributed by atoms with Crippen molar-refractivity contribution in [2.24, 2.45) is 0 Å². The lowest BCUT2D eigenvalue weighted by Crippen LogP contribution is -2.44. The van der Waals surface area contributed by atoms with E-state index in [1.54, 1.807) is 0 Å². The van der Waals surface area contributed by atoms with Gasteiger partial charge in [0.2, 0.25) is 0 Å². The van der Waals surface area contributed by atoms with Gasteiger partial charge in [-0.05, 0) is 26.0 Å². The fourth-order valence-corrected chi connectivity index (χ4v) is 2.20. The van der Waals surface area contributed by atoms with E-state index >= 15 is 0 Å². The summed E-state index contributed by atoms with van der Waals surface area (Å²) in [5, 5.41) is 3.23. The first-order valence-corrected chi connectivity index (χ1v) is 5.81. The van der Waals surface area contributed by atoms with Crippen LogP contribution in [0, 0.1) is 0 Å². The van der Waals surface area contributed by atoms with Gasteiger partial charge in [0, 0.05) is 44.6 Å². The largest absolute Gasteiger partial charge is 0.388 e. The zero-order valence-electron chi connectivity index (χ0n) is 9.79. The van der Waals surface area contributed by atoms with Gasteiger partial charge in [0.1, 0.15) is 0 Å². The molecule has 0 unspecified atom stereocenters. The fraction of sp³-hybridized carbons (Fsp3) is 0.667. The van der Waals surface area contributed by atoms with E-state index in [-0.39, 0.29) is 0 Å². The maximum atomic E-state index is 3.23. The minimum Gasteiger partial charge on any atom is -0.388 e. The maximum absolute atomic E-state index is 3.23. The highest BCUT2D eigenvalue weighted by Gasteiger charge is 2.17. The Kier molecular flexibility index (Phi) is 3.31. The molecule has 1 fully saturated rings. The summed E-state index contributed by atoms with van der Waals surface area (Å²) in [4.78, 5) is 4.93. The fourth-order valence-electron chi connectivity index (χ4n) is 2.20. The van der Waals surface area contributed by atoms with E-state index in [0.29, 0.717) is 0 Å². The number of hydrogen-bond acceptors (Lipinski definition) is 3. The SMILES string of the molecule is CNC1=CCCC(N2CCN(C)CC2)=C1. The summed E-state index contributed by atoms with van der Waals surface area (Å²) < 4.78 is 0. The molecule has 1 saturated heterocycles. The van der Waals surface area contributed by atoms with Crippen LogP contribution in [0.2, 0.25) is 0 Å². The first-order chi connectivity index (χ1) is 7.29. The molecule has 0 atom stereocenters. The van der Waals surface area contributed by atoms with Crippen molar-refractivity contribution in [1.82, 2.24) is 15.1 Å². The number of rotatable bonds is 2. The number of nitrogens with zero attached hydrogens (tertiary/aromatic N) is 2. The van der Waals surface area contributed by atoms with Gasteiger partial charge in [-0.2, -0.15) is 0 Å². The molecule has 0 aromatic heterocycles. The minimum atomic E-state index is 1.17. The molecule has 2 aliphatic rings. The van der Waals surface area contributed by atoms with E-state index in [1.807, 2.05) is 7.05 Å². The second-order valence-electron chi connectivity index (χ2n) is 4.37. The first kappa shape index (κ1) is 10.6. The second kappa shape index (κ2) is 4.71. The lowest BCUT2D eigenvalue weighted by molar-refractivity contribution is 0.182. The van der Waals surface area contributed by atoms with Crippen molar-refractivity contribution in [3.8, 4) is 0 Å². The van der Waals surface area contributed by atoms with Crippen LogP contribution < -0.4 is 5.32 Å². The second-order valence-corrected chi connectivity index (χ2v) is 4.37. The minimum absolute atomic E-state index is 1.17. The van der Waals surface area contributed by atoms with E-state index in [1.165, 1.54) is 50.4 Å². The van der Waals surface area contributed by atoms with E-state index in [0.717, 1.165) is 0 Å². The van der Waals surface area contributed by atoms with Gasteiger partial charge in [0.15, 0.2) is 0 Å². The van der Waals surface area contributed by atoms with Gasteiger partial charge < -0.3 is 15.1 Å². The van der Waals surface area contributed by atoms with Gasteiger partial charge in [-0.3, -0.25) is 0 Å². The molecular weight excluding hydrogens is 186 g/mol. The van der Waals surface area contributed by atoms with E-state index in [2.05, 4.69) is 34.3 Å². The number of piperazine rings is 1. The van der Waals surface area contributed by atoms with Crippen molar-refractivity contribution in [2.45, 2.75) is 12.8 Å². The van der Waals surface area contributed by atoms with Crippen LogP contribution in [0.3, 0.4) is 0 Å². The lowest BCUT2D eigenvalue weighted by Gasteiger charge is -2.36. The van der Waals surface area contributed by atoms with Crippen LogP contribution >= 0.6 is 0 Å². The standard InChI is InChI=1S/C12H21N3/c1-13-11-4-3-5-12(10-11)15-8-6-14(2)7-9-15/h4,10,13H,3,5-9H2,1-2H3. The summed E-state index contributed by atoms with van der Waals surface area (Å²) in [7, 11) is 4.20. The van der Waals surface area contributed by atoms with Crippen molar-refractivity contribution >= 4 is 0 Å². The van der Waals surface area contributed by atoms with Crippen LogP contribution in [-0.2, 0) is 0 Å². The number of nitrogens with one attached hydrogen (secondary N) is 1. The predicted octanol–water partition coefficient (Wildman–Crippen LogP) is 1.01. The Morgan fingerprint density at radius 2 is 1.93 bits per heavy atom. The predicted molar refractivity (Wildman–Crippen MR) is 63.5 cm³/mol. The molecule has 2 rings (SSSR count). The van der Waals surface area contributed by atoms with Crippen LogP contribution in [0.15, 0.2) is 23.5 Å². The summed E-state index contributed by atoms with van der Waals surface area (Å²) in [6.07, 6.45) is 6.96. The zero-order valence-corrected chi connectivity index (χ0v) is 9.79. The normalized spacial score (nSPS) is 23.5. The van der Waals surface area contributed by atoms with Crippen LogP contribution in [-0.4, -0.2) is 50.1 Å². The molecule has 0 spiro atoms. The van der Waals surface area contributed by atoms with Gasteiger partial charge in [0.05, 0.1) is 0 Å². The summed E-state index contributed by atoms with van der Waals surface area (Å²) in [5.74, 6) is 0. The Morgan fingerprint density at radius 1 is 1.20 bits per heavy atom. The van der Waals surface area contributed by atoms with E-state index < -0.39 is 0 Å². The van der Waals surface area contributed by atoms with Crippen LogP contribution in [0.25, 0.3) is 0 Å². The van der Waals surface area contributed by atoms with Gasteiger partial charge in [-0.1, -0.05) is 6.08 Å². The molecule has 0 amide bonds. The Labute approximate surface area is 92.4 Å². The van der Waals surface area contributed by atoms with E-state index in [9.17, 15) is 0 Å². The third-order valence-corrected chi connectivity index (χ3v) is 3.28. The maximum Gasteiger partial charge on any atom is 0.0314 e. The molecule has 84 valence electrons. The Morgan fingerprint density at radius 3 is 2.60 bits per heavy atom. The zero-order chi connectivity index (χ0) is 10.7. The molecule has 1 N–H and O–H groups in total. The van der Waals surface area contributed by atoms with Crippen molar-refractivity contribution < 1.29 is 0 Å². The van der Waals surface area contributed by atoms with Crippen molar-refractivity contribution in [3.63, 3.8) is 0 Å². The van der Waals surface area contributed by atoms with Crippen LogP contribution in [0.4, 0.5) is 0 Å². The highest BCUT2D eigenvalue weighted by atomic mass is 15.2. The van der Waals surface area contributed by atoms with Gasteiger partial charge in [-0.15, -0.1) is 0 Å².